The highest BCUT2D eigenvalue weighted by Gasteiger charge is 2.30. The molecule has 1 rings (SSSR count). The average Bonchev–Trinajstić information content (AvgIpc) is 2.77. The summed E-state index contributed by atoms with van der Waals surface area (Å²) in [7, 11) is 0. The third kappa shape index (κ3) is 5.16. The Morgan fingerprint density at radius 1 is 1.47 bits per heavy atom. The van der Waals surface area contributed by atoms with Crippen molar-refractivity contribution in [2.24, 2.45) is 5.41 Å². The molecule has 1 unspecified atom stereocenters. The van der Waals surface area contributed by atoms with Gasteiger partial charge in [0, 0.05) is 18.9 Å². The summed E-state index contributed by atoms with van der Waals surface area (Å²) in [6, 6.07) is 3.71. The first-order valence-electron chi connectivity index (χ1n) is 6.36. The van der Waals surface area contributed by atoms with Crippen molar-refractivity contribution in [1.82, 2.24) is 5.32 Å². The number of carbonyl (C=O) groups excluding carboxylic acids is 1. The number of carboxylic acids is 1. The lowest BCUT2D eigenvalue weighted by atomic mass is 9.89. The summed E-state index contributed by atoms with van der Waals surface area (Å²) >= 11 is 0. The number of carboxylic acid groups (broad SMARTS) is 1. The van der Waals surface area contributed by atoms with Gasteiger partial charge in [0.1, 0.15) is 5.76 Å². The largest absolute Gasteiger partial charge is 0.481 e. The molecule has 0 saturated heterocycles. The predicted octanol–water partition coefficient (Wildman–Crippen LogP) is 2.22. The minimum atomic E-state index is -1.04. The van der Waals surface area contributed by atoms with E-state index in [1.54, 1.807) is 20.1 Å². The fraction of sp³-hybridized carbons (Fsp3) is 0.571. The van der Waals surface area contributed by atoms with Crippen molar-refractivity contribution in [3.05, 3.63) is 24.2 Å². The van der Waals surface area contributed by atoms with E-state index in [9.17, 15) is 9.59 Å². The molecule has 1 atom stereocenters. The van der Waals surface area contributed by atoms with Gasteiger partial charge in [-0.05, 0) is 39.3 Å². The van der Waals surface area contributed by atoms with Crippen LogP contribution in [0.25, 0.3) is 0 Å². The van der Waals surface area contributed by atoms with Crippen LogP contribution in [0.2, 0.25) is 0 Å². The van der Waals surface area contributed by atoms with E-state index in [-0.39, 0.29) is 18.4 Å². The Labute approximate surface area is 113 Å². The molecule has 0 aliphatic heterocycles. The van der Waals surface area contributed by atoms with Crippen LogP contribution >= 0.6 is 0 Å². The van der Waals surface area contributed by atoms with Gasteiger partial charge >= 0.3 is 5.97 Å². The molecule has 0 bridgehead atoms. The number of rotatable bonds is 7. The summed E-state index contributed by atoms with van der Waals surface area (Å²) in [5.74, 6) is -0.322. The number of furan rings is 1. The van der Waals surface area contributed by atoms with Gasteiger partial charge in [0.2, 0.25) is 5.91 Å². The molecule has 0 aliphatic carbocycles. The number of carbonyl (C=O) groups is 2. The van der Waals surface area contributed by atoms with Gasteiger partial charge in [-0.1, -0.05) is 0 Å². The maximum Gasteiger partial charge on any atom is 0.309 e. The first-order chi connectivity index (χ1) is 8.81. The van der Waals surface area contributed by atoms with Gasteiger partial charge in [0.15, 0.2) is 0 Å². The van der Waals surface area contributed by atoms with Crippen molar-refractivity contribution in [2.45, 2.75) is 46.1 Å². The number of aliphatic carboxylic acids is 1. The molecule has 0 aromatic carbocycles. The van der Waals surface area contributed by atoms with Gasteiger partial charge < -0.3 is 14.8 Å². The molecule has 5 nitrogen and oxygen atoms in total. The van der Waals surface area contributed by atoms with Crippen LogP contribution in [0.4, 0.5) is 0 Å². The third-order valence-electron chi connectivity index (χ3n) is 2.99. The van der Waals surface area contributed by atoms with Crippen LogP contribution in [-0.4, -0.2) is 23.0 Å². The second-order valence-electron chi connectivity index (χ2n) is 5.45. The number of amides is 1. The Morgan fingerprint density at radius 2 is 2.16 bits per heavy atom. The van der Waals surface area contributed by atoms with E-state index < -0.39 is 11.4 Å². The zero-order valence-electron chi connectivity index (χ0n) is 11.6. The topological polar surface area (TPSA) is 79.5 Å². The highest BCUT2D eigenvalue weighted by molar-refractivity contribution is 5.84. The second kappa shape index (κ2) is 6.41. The Balaban J connectivity index is 2.33. The fourth-order valence-electron chi connectivity index (χ4n) is 1.69. The maximum atomic E-state index is 11.7. The summed E-state index contributed by atoms with van der Waals surface area (Å²) in [4.78, 5) is 22.7. The van der Waals surface area contributed by atoms with Gasteiger partial charge in [-0.3, -0.25) is 9.59 Å². The molecule has 0 fully saturated rings. The minimum Gasteiger partial charge on any atom is -0.481 e. The molecule has 1 amide bonds. The Kier molecular flexibility index (Phi) is 5.15. The molecule has 0 radical (unpaired) electrons. The van der Waals surface area contributed by atoms with Crippen molar-refractivity contribution in [3.8, 4) is 0 Å². The van der Waals surface area contributed by atoms with E-state index in [2.05, 4.69) is 5.32 Å². The molecule has 0 aliphatic rings. The predicted molar refractivity (Wildman–Crippen MR) is 70.7 cm³/mol. The Bertz CT molecular complexity index is 423. The van der Waals surface area contributed by atoms with E-state index in [0.717, 1.165) is 18.6 Å². The van der Waals surface area contributed by atoms with Crippen LogP contribution in [-0.2, 0) is 16.0 Å². The van der Waals surface area contributed by atoms with Crippen LogP contribution < -0.4 is 5.32 Å². The molecule has 106 valence electrons. The van der Waals surface area contributed by atoms with Crippen LogP contribution in [0.15, 0.2) is 22.8 Å². The average molecular weight is 267 g/mol. The number of nitrogens with one attached hydrogen (secondary N) is 1. The third-order valence-corrected chi connectivity index (χ3v) is 2.99. The monoisotopic (exact) mass is 267 g/mol. The molecule has 1 aromatic rings. The van der Waals surface area contributed by atoms with E-state index in [4.69, 9.17) is 9.52 Å². The van der Waals surface area contributed by atoms with Crippen LogP contribution in [0.3, 0.4) is 0 Å². The van der Waals surface area contributed by atoms with Gasteiger partial charge in [-0.25, -0.2) is 0 Å². The zero-order valence-corrected chi connectivity index (χ0v) is 11.6. The number of aryl methyl sites for hydroxylation is 1. The number of hydrogen-bond acceptors (Lipinski definition) is 3. The normalized spacial score (nSPS) is 13.0. The van der Waals surface area contributed by atoms with Crippen LogP contribution in [0.1, 0.15) is 39.4 Å². The SMILES string of the molecule is CC(CCc1ccco1)NC(=O)CC(C)(C)C(=O)O. The highest BCUT2D eigenvalue weighted by Crippen LogP contribution is 2.20. The second-order valence-corrected chi connectivity index (χ2v) is 5.45. The zero-order chi connectivity index (χ0) is 14.5. The maximum absolute atomic E-state index is 11.7. The summed E-state index contributed by atoms with van der Waals surface area (Å²) in [6.45, 7) is 4.99. The quantitative estimate of drug-likeness (QED) is 0.793. The summed E-state index contributed by atoms with van der Waals surface area (Å²) in [5.41, 5.74) is -1.04. The van der Waals surface area contributed by atoms with Crippen molar-refractivity contribution in [3.63, 3.8) is 0 Å². The van der Waals surface area contributed by atoms with E-state index >= 15 is 0 Å². The fourth-order valence-corrected chi connectivity index (χ4v) is 1.69. The van der Waals surface area contributed by atoms with E-state index in [1.165, 1.54) is 0 Å². The Hall–Kier alpha value is -1.78. The lowest BCUT2D eigenvalue weighted by Gasteiger charge is -2.20. The van der Waals surface area contributed by atoms with Gasteiger partial charge in [-0.15, -0.1) is 0 Å². The van der Waals surface area contributed by atoms with Crippen LogP contribution in [0.5, 0.6) is 0 Å². The molecule has 19 heavy (non-hydrogen) atoms. The van der Waals surface area contributed by atoms with E-state index in [1.807, 2.05) is 19.1 Å². The molecule has 1 heterocycles. The Morgan fingerprint density at radius 3 is 2.68 bits per heavy atom. The molecular weight excluding hydrogens is 246 g/mol. The first-order valence-corrected chi connectivity index (χ1v) is 6.36. The van der Waals surface area contributed by atoms with Crippen molar-refractivity contribution in [1.29, 1.82) is 0 Å². The molecule has 1 aromatic heterocycles. The summed E-state index contributed by atoms with van der Waals surface area (Å²) < 4.78 is 5.21. The van der Waals surface area contributed by atoms with Crippen molar-refractivity contribution >= 4 is 11.9 Å². The lowest BCUT2D eigenvalue weighted by molar-refractivity contribution is -0.149. The lowest BCUT2D eigenvalue weighted by Crippen LogP contribution is -2.37. The van der Waals surface area contributed by atoms with Gasteiger partial charge in [0.05, 0.1) is 11.7 Å². The van der Waals surface area contributed by atoms with Crippen molar-refractivity contribution < 1.29 is 19.1 Å². The van der Waals surface area contributed by atoms with Gasteiger partial charge in [-0.2, -0.15) is 0 Å². The minimum absolute atomic E-state index is 0.0119. The summed E-state index contributed by atoms with van der Waals surface area (Å²) in [6.07, 6.45) is 3.10. The summed E-state index contributed by atoms with van der Waals surface area (Å²) in [5, 5.41) is 11.8. The molecule has 5 heteroatoms. The molecule has 0 saturated carbocycles. The van der Waals surface area contributed by atoms with Gasteiger partial charge in [0.25, 0.3) is 0 Å². The molecule has 0 spiro atoms. The highest BCUT2D eigenvalue weighted by atomic mass is 16.4. The first kappa shape index (κ1) is 15.3. The smallest absolute Gasteiger partial charge is 0.309 e. The number of hydrogen-bond donors (Lipinski definition) is 2. The standard InChI is InChI=1S/C14H21NO4/c1-10(6-7-11-5-4-8-19-11)15-12(16)9-14(2,3)13(17)18/h4-5,8,10H,6-7,9H2,1-3H3,(H,15,16)(H,17,18). The van der Waals surface area contributed by atoms with E-state index in [0.29, 0.717) is 0 Å². The molecular formula is C14H21NO4. The van der Waals surface area contributed by atoms with Crippen LogP contribution in [0, 0.1) is 5.41 Å². The molecule has 2 N–H and O–H groups in total. The van der Waals surface area contributed by atoms with Crippen molar-refractivity contribution in [2.75, 3.05) is 0 Å².